The van der Waals surface area contributed by atoms with Crippen LogP contribution in [0.15, 0.2) is 36.4 Å². The van der Waals surface area contributed by atoms with Crippen LogP contribution < -0.4 is 5.32 Å². The third-order valence-electron chi connectivity index (χ3n) is 8.13. The van der Waals surface area contributed by atoms with E-state index in [2.05, 4.69) is 17.3 Å². The van der Waals surface area contributed by atoms with Gasteiger partial charge in [-0.3, -0.25) is 24.0 Å². The van der Waals surface area contributed by atoms with E-state index in [1.807, 2.05) is 17.0 Å². The van der Waals surface area contributed by atoms with Crippen molar-refractivity contribution in [1.82, 2.24) is 14.7 Å². The van der Waals surface area contributed by atoms with Crippen LogP contribution in [0.3, 0.4) is 0 Å². The van der Waals surface area contributed by atoms with Gasteiger partial charge >= 0.3 is 5.97 Å². The van der Waals surface area contributed by atoms with Crippen molar-refractivity contribution in [3.8, 4) is 0 Å². The molecule has 2 aromatic carbocycles. The Morgan fingerprint density at radius 1 is 1.17 bits per heavy atom. The number of anilines is 1. The number of fused-ring (bicyclic) bond motifs is 1. The number of hydrogen-bond acceptors (Lipinski definition) is 6. The lowest BCUT2D eigenvalue weighted by atomic mass is 9.87. The molecule has 1 aliphatic heterocycles. The summed E-state index contributed by atoms with van der Waals surface area (Å²) in [5.74, 6) is -2.26. The number of rotatable bonds is 9. The number of nitrogens with zero attached hydrogens (tertiary/aromatic N) is 3. The van der Waals surface area contributed by atoms with E-state index in [1.54, 1.807) is 23.9 Å². The maximum atomic E-state index is 15.3. The summed E-state index contributed by atoms with van der Waals surface area (Å²) in [5.41, 5.74) is 1.16. The number of halogens is 2. The molecular weight excluding hydrogens is 551 g/mol. The van der Waals surface area contributed by atoms with E-state index in [1.165, 1.54) is 6.07 Å². The predicted octanol–water partition coefficient (Wildman–Crippen LogP) is 5.06. The Morgan fingerprint density at radius 3 is 2.59 bits per heavy atom. The summed E-state index contributed by atoms with van der Waals surface area (Å²) in [5, 5.41) is 17.0. The number of aryl methyl sites for hydroxylation is 1. The molecule has 1 saturated heterocycles. The second-order valence-corrected chi connectivity index (χ2v) is 11.6. The number of nitrogens with one attached hydrogen (secondary N) is 1. The van der Waals surface area contributed by atoms with E-state index in [-0.39, 0.29) is 46.2 Å². The van der Waals surface area contributed by atoms with Crippen LogP contribution in [-0.2, 0) is 27.8 Å². The highest BCUT2D eigenvalue weighted by Crippen LogP contribution is 2.31. The van der Waals surface area contributed by atoms with Gasteiger partial charge in [-0.05, 0) is 61.8 Å². The van der Waals surface area contributed by atoms with Crippen LogP contribution in [0.5, 0.6) is 0 Å². The quantitative estimate of drug-likeness (QED) is 0.361. The van der Waals surface area contributed by atoms with Gasteiger partial charge in [0.1, 0.15) is 5.82 Å². The van der Waals surface area contributed by atoms with Gasteiger partial charge in [-0.15, -0.1) is 0 Å². The molecule has 11 heteroatoms. The van der Waals surface area contributed by atoms with Crippen molar-refractivity contribution in [1.29, 1.82) is 0 Å². The van der Waals surface area contributed by atoms with E-state index in [9.17, 15) is 19.5 Å². The van der Waals surface area contributed by atoms with Crippen LogP contribution in [0.25, 0.3) is 10.9 Å². The highest BCUT2D eigenvalue weighted by Gasteiger charge is 2.36. The molecule has 2 aliphatic rings. The lowest BCUT2D eigenvalue weighted by molar-refractivity contribution is -0.157. The smallest absolute Gasteiger partial charge is 0.306 e. The number of carbonyl (C=O) groups is 3. The standard InChI is InChI=1S/C30H34ClFN4O5/c1-17-11-12-36(16-17)29(41-20-9-7-18(8-10-20)30(39)40)26(37)14-19-13-22(31)24(15-23(19)32)33-28(38)27-21-5-3-4-6-25(21)35(2)34-27/h3-6,13,15,17-18,20,29H,7-12,14,16H2,1-2H3,(H,33,38)(H,39,40)/t17-,18?,20?,29?/m0/s1. The average molecular weight is 585 g/mol. The Balaban J connectivity index is 1.30. The van der Waals surface area contributed by atoms with Gasteiger partial charge in [-0.25, -0.2) is 4.39 Å². The van der Waals surface area contributed by atoms with E-state index in [4.69, 9.17) is 16.3 Å². The molecule has 0 radical (unpaired) electrons. The molecule has 5 rings (SSSR count). The molecular formula is C30H34ClFN4O5. The number of aromatic nitrogens is 2. The Kier molecular flexibility index (Phi) is 8.72. The fourth-order valence-corrected chi connectivity index (χ4v) is 6.07. The number of para-hydroxylation sites is 1. The first kappa shape index (κ1) is 29.2. The van der Waals surface area contributed by atoms with Crippen LogP contribution in [0.1, 0.15) is 55.1 Å². The molecule has 1 saturated carbocycles. The summed E-state index contributed by atoms with van der Waals surface area (Å²) in [6.45, 7) is 3.50. The van der Waals surface area contributed by atoms with Crippen LogP contribution in [0, 0.1) is 17.7 Å². The van der Waals surface area contributed by atoms with E-state index in [0.717, 1.165) is 18.0 Å². The molecule has 1 unspecified atom stereocenters. The Bertz CT molecular complexity index is 1470. The number of Topliss-reactive ketones (excluding diaryl/α,β-unsaturated/α-hetero) is 1. The maximum absolute atomic E-state index is 15.3. The van der Waals surface area contributed by atoms with Gasteiger partial charge in [0, 0.05) is 31.9 Å². The van der Waals surface area contributed by atoms with E-state index in [0.29, 0.717) is 50.1 Å². The van der Waals surface area contributed by atoms with Gasteiger partial charge in [-0.2, -0.15) is 5.10 Å². The lowest BCUT2D eigenvalue weighted by Gasteiger charge is -2.33. The molecule has 2 heterocycles. The largest absolute Gasteiger partial charge is 0.481 e. The summed E-state index contributed by atoms with van der Waals surface area (Å²) in [7, 11) is 1.73. The van der Waals surface area contributed by atoms with Gasteiger partial charge in [-0.1, -0.05) is 36.7 Å². The molecule has 2 fully saturated rings. The Hall–Kier alpha value is -3.34. The highest BCUT2D eigenvalue weighted by atomic mass is 35.5. The minimum atomic E-state index is -0.846. The highest BCUT2D eigenvalue weighted by molar-refractivity contribution is 6.34. The summed E-state index contributed by atoms with van der Waals surface area (Å²) >= 11 is 6.45. The normalized spacial score (nSPS) is 22.1. The second-order valence-electron chi connectivity index (χ2n) is 11.2. The number of ketones is 1. The number of likely N-dealkylation sites (tertiary alicyclic amines) is 1. The maximum Gasteiger partial charge on any atom is 0.306 e. The summed E-state index contributed by atoms with van der Waals surface area (Å²) < 4.78 is 23.2. The van der Waals surface area contributed by atoms with Crippen molar-refractivity contribution >= 4 is 45.9 Å². The Labute approximate surface area is 242 Å². The Morgan fingerprint density at radius 2 is 1.90 bits per heavy atom. The number of amides is 1. The van der Waals surface area contributed by atoms with Crippen LogP contribution in [0.4, 0.5) is 10.1 Å². The fourth-order valence-electron chi connectivity index (χ4n) is 5.83. The van der Waals surface area contributed by atoms with Gasteiger partial charge in [0.15, 0.2) is 17.7 Å². The van der Waals surface area contributed by atoms with Crippen molar-refractivity contribution < 1.29 is 28.6 Å². The van der Waals surface area contributed by atoms with Crippen LogP contribution in [-0.4, -0.2) is 62.9 Å². The monoisotopic (exact) mass is 584 g/mol. The molecule has 1 amide bonds. The SMILES string of the molecule is C[C@H]1CCN(C(OC2CCC(C(=O)O)CC2)C(=O)Cc2cc(Cl)c(NC(=O)c3nn(C)c4ccccc34)cc2F)C1. The number of hydrogen-bond donors (Lipinski definition) is 2. The molecule has 0 spiro atoms. The van der Waals surface area contributed by atoms with E-state index < -0.39 is 23.9 Å². The molecule has 1 aliphatic carbocycles. The van der Waals surface area contributed by atoms with Crippen LogP contribution in [0.2, 0.25) is 5.02 Å². The predicted molar refractivity (Wildman–Crippen MR) is 152 cm³/mol. The molecule has 218 valence electrons. The first-order chi connectivity index (χ1) is 19.6. The first-order valence-electron chi connectivity index (χ1n) is 14.0. The van der Waals surface area contributed by atoms with Crippen molar-refractivity contribution in [2.24, 2.45) is 18.9 Å². The second kappa shape index (κ2) is 12.3. The average Bonchev–Trinajstić information content (AvgIpc) is 3.53. The minimum Gasteiger partial charge on any atom is -0.481 e. The number of carbonyl (C=O) groups excluding carboxylic acids is 2. The van der Waals surface area contributed by atoms with Crippen molar-refractivity contribution in [2.45, 2.75) is 57.8 Å². The zero-order valence-corrected chi connectivity index (χ0v) is 23.9. The molecule has 1 aromatic heterocycles. The van der Waals surface area contributed by atoms with Crippen molar-refractivity contribution in [3.05, 3.63) is 58.5 Å². The third-order valence-corrected chi connectivity index (χ3v) is 8.44. The fraction of sp³-hybridized carbons (Fsp3) is 0.467. The van der Waals surface area contributed by atoms with Crippen molar-refractivity contribution in [3.63, 3.8) is 0 Å². The van der Waals surface area contributed by atoms with Crippen LogP contribution >= 0.6 is 11.6 Å². The number of benzene rings is 2. The number of carboxylic acid groups (broad SMARTS) is 1. The number of aliphatic carboxylic acids is 1. The molecule has 2 N–H and O–H groups in total. The molecule has 2 atom stereocenters. The molecule has 41 heavy (non-hydrogen) atoms. The summed E-state index contributed by atoms with van der Waals surface area (Å²) in [6.07, 6.45) is 1.75. The minimum absolute atomic E-state index is 0.0801. The van der Waals surface area contributed by atoms with E-state index >= 15 is 4.39 Å². The van der Waals surface area contributed by atoms with Crippen molar-refractivity contribution in [2.75, 3.05) is 18.4 Å². The third kappa shape index (κ3) is 6.45. The van der Waals surface area contributed by atoms with Gasteiger partial charge in [0.25, 0.3) is 5.91 Å². The molecule has 9 nitrogen and oxygen atoms in total. The van der Waals surface area contributed by atoms with Gasteiger partial charge in [0.2, 0.25) is 0 Å². The number of carboxylic acids is 1. The first-order valence-corrected chi connectivity index (χ1v) is 14.3. The zero-order valence-electron chi connectivity index (χ0n) is 23.1. The lowest BCUT2D eigenvalue weighted by Crippen LogP contribution is -2.45. The molecule has 3 aromatic rings. The summed E-state index contributed by atoms with van der Waals surface area (Å²) in [4.78, 5) is 39.9. The molecule has 0 bridgehead atoms. The zero-order chi connectivity index (χ0) is 29.3. The summed E-state index contributed by atoms with van der Waals surface area (Å²) in [6, 6.07) is 9.77. The topological polar surface area (TPSA) is 114 Å². The number of ether oxygens (including phenoxy) is 1. The van der Waals surface area contributed by atoms with Gasteiger partial charge < -0.3 is 15.2 Å². The van der Waals surface area contributed by atoms with Gasteiger partial charge in [0.05, 0.1) is 28.2 Å².